The van der Waals surface area contributed by atoms with Crippen molar-refractivity contribution in [2.75, 3.05) is 0 Å². The minimum Gasteiger partial charge on any atom is -0.351 e. The van der Waals surface area contributed by atoms with E-state index in [1.165, 1.54) is 6.92 Å². The van der Waals surface area contributed by atoms with Gasteiger partial charge < -0.3 is 4.98 Å². The fourth-order valence-electron chi connectivity index (χ4n) is 0.793. The molecule has 0 fully saturated rings. The fraction of sp³-hybridized carbons (Fsp3) is 0.286. The normalized spacial score (nSPS) is 10.8. The van der Waals surface area contributed by atoms with E-state index in [0.717, 1.165) is 6.20 Å². The first-order valence-electron chi connectivity index (χ1n) is 3.20. The highest BCUT2D eigenvalue weighted by Crippen LogP contribution is 2.16. The zero-order valence-electron chi connectivity index (χ0n) is 6.20. The van der Waals surface area contributed by atoms with Gasteiger partial charge in [-0.25, -0.2) is 8.78 Å². The van der Waals surface area contributed by atoms with Crippen molar-refractivity contribution in [3.63, 3.8) is 0 Å². The first kappa shape index (κ1) is 9.19. The van der Waals surface area contributed by atoms with Gasteiger partial charge in [0.2, 0.25) is 0 Å². The highest BCUT2D eigenvalue weighted by molar-refractivity contribution is 6.30. The van der Waals surface area contributed by atoms with Gasteiger partial charge in [-0.3, -0.25) is 4.79 Å². The first-order chi connectivity index (χ1) is 5.54. The van der Waals surface area contributed by atoms with E-state index in [4.69, 9.17) is 11.6 Å². The second-order valence-corrected chi connectivity index (χ2v) is 2.69. The molecule has 0 saturated carbocycles. The molecule has 1 N–H and O–H groups in total. The fourth-order valence-corrected chi connectivity index (χ4v) is 0.934. The van der Waals surface area contributed by atoms with Crippen molar-refractivity contribution in [3.8, 4) is 0 Å². The number of hydrogen-bond donors (Lipinski definition) is 1. The van der Waals surface area contributed by atoms with Gasteiger partial charge in [-0.1, -0.05) is 11.6 Å². The van der Waals surface area contributed by atoms with Crippen LogP contribution in [0.3, 0.4) is 0 Å². The maximum Gasteiger partial charge on any atom is 0.269 e. The molecular weight excluding hydrogens is 188 g/mol. The Labute approximate surface area is 72.2 Å². The lowest BCUT2D eigenvalue weighted by Gasteiger charge is -2.01. The molecule has 0 saturated heterocycles. The standard InChI is InChI=1S/C7H6ClF2NO/c1-3-5(12)4(7(9)10)2-11-6(3)8/h2,7H,1H3,(H,11,12). The van der Waals surface area contributed by atoms with Gasteiger partial charge in [0.05, 0.1) is 5.56 Å². The molecule has 66 valence electrons. The number of aromatic nitrogens is 1. The zero-order valence-corrected chi connectivity index (χ0v) is 6.95. The first-order valence-corrected chi connectivity index (χ1v) is 3.57. The summed E-state index contributed by atoms with van der Waals surface area (Å²) in [6, 6.07) is 0. The van der Waals surface area contributed by atoms with E-state index in [1.54, 1.807) is 0 Å². The minimum atomic E-state index is -2.76. The monoisotopic (exact) mass is 193 g/mol. The van der Waals surface area contributed by atoms with Crippen LogP contribution in [0.2, 0.25) is 5.15 Å². The number of hydrogen-bond acceptors (Lipinski definition) is 1. The van der Waals surface area contributed by atoms with Crippen LogP contribution in [-0.4, -0.2) is 4.98 Å². The van der Waals surface area contributed by atoms with E-state index in [2.05, 4.69) is 4.98 Å². The SMILES string of the molecule is Cc1c(Cl)[nH]cc(C(F)F)c1=O. The van der Waals surface area contributed by atoms with E-state index >= 15 is 0 Å². The van der Waals surface area contributed by atoms with E-state index in [0.29, 0.717) is 0 Å². The summed E-state index contributed by atoms with van der Waals surface area (Å²) >= 11 is 5.49. The number of pyridine rings is 1. The summed E-state index contributed by atoms with van der Waals surface area (Å²) < 4.78 is 24.2. The quantitative estimate of drug-likeness (QED) is 0.682. The molecule has 1 aromatic heterocycles. The van der Waals surface area contributed by atoms with Crippen LogP contribution in [0.15, 0.2) is 11.0 Å². The topological polar surface area (TPSA) is 32.9 Å². The zero-order chi connectivity index (χ0) is 9.30. The molecule has 0 aromatic carbocycles. The van der Waals surface area contributed by atoms with Crippen molar-refractivity contribution in [2.45, 2.75) is 13.3 Å². The Morgan fingerprint density at radius 1 is 1.58 bits per heavy atom. The van der Waals surface area contributed by atoms with Crippen LogP contribution in [0.1, 0.15) is 17.6 Å². The lowest BCUT2D eigenvalue weighted by Crippen LogP contribution is -2.13. The molecular formula is C7H6ClF2NO. The summed E-state index contributed by atoms with van der Waals surface area (Å²) in [7, 11) is 0. The molecule has 0 amide bonds. The Balaban J connectivity index is 3.37. The molecule has 0 radical (unpaired) electrons. The lowest BCUT2D eigenvalue weighted by molar-refractivity contribution is 0.149. The van der Waals surface area contributed by atoms with Crippen molar-refractivity contribution in [1.82, 2.24) is 4.98 Å². The smallest absolute Gasteiger partial charge is 0.269 e. The van der Waals surface area contributed by atoms with Gasteiger partial charge in [-0.05, 0) is 6.92 Å². The van der Waals surface area contributed by atoms with Gasteiger partial charge in [0.15, 0.2) is 5.43 Å². The van der Waals surface area contributed by atoms with Crippen molar-refractivity contribution >= 4 is 11.6 Å². The predicted octanol–water partition coefficient (Wildman–Crippen LogP) is 2.27. The summed E-state index contributed by atoms with van der Waals surface area (Å²) in [6.45, 7) is 1.40. The molecule has 0 bridgehead atoms. The summed E-state index contributed by atoms with van der Waals surface area (Å²) in [5, 5.41) is 0.101. The number of nitrogens with one attached hydrogen (secondary N) is 1. The second-order valence-electron chi connectivity index (χ2n) is 2.31. The number of halogens is 3. The average molecular weight is 194 g/mol. The molecule has 1 rings (SSSR count). The summed E-state index contributed by atoms with van der Waals surface area (Å²) in [6.07, 6.45) is -1.83. The van der Waals surface area contributed by atoms with E-state index < -0.39 is 17.4 Å². The van der Waals surface area contributed by atoms with Crippen molar-refractivity contribution in [1.29, 1.82) is 0 Å². The van der Waals surface area contributed by atoms with E-state index in [-0.39, 0.29) is 10.7 Å². The predicted molar refractivity (Wildman–Crippen MR) is 41.8 cm³/mol. The molecule has 0 atom stereocenters. The molecule has 0 aliphatic heterocycles. The Morgan fingerprint density at radius 3 is 2.67 bits per heavy atom. The van der Waals surface area contributed by atoms with Crippen LogP contribution in [0, 0.1) is 6.92 Å². The summed E-state index contributed by atoms with van der Waals surface area (Å²) in [5.41, 5.74) is -1.12. The third-order valence-corrected chi connectivity index (χ3v) is 1.91. The molecule has 0 spiro atoms. The molecule has 1 aromatic rings. The third kappa shape index (κ3) is 1.48. The summed E-state index contributed by atoms with van der Waals surface area (Å²) in [5.74, 6) is 0. The van der Waals surface area contributed by atoms with Crippen LogP contribution < -0.4 is 5.43 Å². The molecule has 0 aliphatic rings. The molecule has 0 unspecified atom stereocenters. The Bertz CT molecular complexity index is 348. The maximum atomic E-state index is 12.1. The Morgan fingerprint density at radius 2 is 2.17 bits per heavy atom. The van der Waals surface area contributed by atoms with Gasteiger partial charge in [-0.15, -0.1) is 0 Å². The average Bonchev–Trinajstić information content (AvgIpc) is 2.00. The van der Waals surface area contributed by atoms with Crippen LogP contribution >= 0.6 is 11.6 Å². The largest absolute Gasteiger partial charge is 0.351 e. The van der Waals surface area contributed by atoms with Crippen LogP contribution in [0.4, 0.5) is 8.78 Å². The van der Waals surface area contributed by atoms with Crippen molar-refractivity contribution in [2.24, 2.45) is 0 Å². The van der Waals surface area contributed by atoms with E-state index in [9.17, 15) is 13.6 Å². The summed E-state index contributed by atoms with van der Waals surface area (Å²) in [4.78, 5) is 13.4. The Hall–Kier alpha value is -0.900. The number of alkyl halides is 2. The Kier molecular flexibility index (Phi) is 2.47. The van der Waals surface area contributed by atoms with Gasteiger partial charge in [0, 0.05) is 11.8 Å². The third-order valence-electron chi connectivity index (χ3n) is 1.52. The van der Waals surface area contributed by atoms with Gasteiger partial charge in [0.1, 0.15) is 5.15 Å². The van der Waals surface area contributed by atoms with Crippen molar-refractivity contribution < 1.29 is 8.78 Å². The highest BCUT2D eigenvalue weighted by Gasteiger charge is 2.14. The molecule has 12 heavy (non-hydrogen) atoms. The van der Waals surface area contributed by atoms with E-state index in [1.807, 2.05) is 0 Å². The number of rotatable bonds is 1. The lowest BCUT2D eigenvalue weighted by atomic mass is 10.2. The second kappa shape index (κ2) is 3.23. The minimum absolute atomic E-state index is 0.101. The number of aromatic amines is 1. The van der Waals surface area contributed by atoms with Gasteiger partial charge >= 0.3 is 0 Å². The number of H-pyrrole nitrogens is 1. The maximum absolute atomic E-state index is 12.1. The molecule has 0 aliphatic carbocycles. The van der Waals surface area contributed by atoms with Gasteiger partial charge in [0.25, 0.3) is 6.43 Å². The highest BCUT2D eigenvalue weighted by atomic mass is 35.5. The van der Waals surface area contributed by atoms with Crippen LogP contribution in [0.5, 0.6) is 0 Å². The van der Waals surface area contributed by atoms with Crippen molar-refractivity contribution in [3.05, 3.63) is 32.7 Å². The molecule has 5 heteroatoms. The molecule has 1 heterocycles. The van der Waals surface area contributed by atoms with Crippen LogP contribution in [-0.2, 0) is 0 Å². The van der Waals surface area contributed by atoms with Gasteiger partial charge in [-0.2, -0.15) is 0 Å². The molecule has 2 nitrogen and oxygen atoms in total. The van der Waals surface area contributed by atoms with Crippen LogP contribution in [0.25, 0.3) is 0 Å².